The molecular formula is C45H75NO7. The molecule has 53 heavy (non-hydrogen) atoms. The Morgan fingerprint density at radius 3 is 1.57 bits per heavy atom. The summed E-state index contributed by atoms with van der Waals surface area (Å²) < 4.78 is 17.1. The van der Waals surface area contributed by atoms with Crippen LogP contribution in [0.25, 0.3) is 0 Å². The molecule has 0 amide bonds. The third-order valence-corrected chi connectivity index (χ3v) is 8.69. The average molecular weight is 742 g/mol. The second-order valence-corrected chi connectivity index (χ2v) is 14.6. The summed E-state index contributed by atoms with van der Waals surface area (Å²) in [7, 11) is 5.37. The van der Waals surface area contributed by atoms with Gasteiger partial charge >= 0.3 is 11.9 Å². The highest BCUT2D eigenvalue weighted by Gasteiger charge is 2.25. The number of carbonyl (C=O) groups is 3. The molecule has 2 atom stereocenters. The van der Waals surface area contributed by atoms with Gasteiger partial charge in [-0.1, -0.05) is 138 Å². The van der Waals surface area contributed by atoms with Crippen LogP contribution in [0, 0.1) is 0 Å². The van der Waals surface area contributed by atoms with Crippen LogP contribution in [-0.2, 0) is 28.6 Å². The van der Waals surface area contributed by atoms with Crippen LogP contribution in [0.5, 0.6) is 0 Å². The van der Waals surface area contributed by atoms with Crippen LogP contribution in [0.1, 0.15) is 142 Å². The zero-order chi connectivity index (χ0) is 39.3. The van der Waals surface area contributed by atoms with E-state index in [4.69, 9.17) is 14.2 Å². The van der Waals surface area contributed by atoms with Crippen molar-refractivity contribution in [1.29, 1.82) is 0 Å². The number of hydrogen-bond donors (Lipinski definition) is 0. The van der Waals surface area contributed by atoms with Gasteiger partial charge in [-0.2, -0.15) is 0 Å². The summed E-state index contributed by atoms with van der Waals surface area (Å²) in [5, 5.41) is 11.6. The maximum Gasteiger partial charge on any atom is 0.306 e. The lowest BCUT2D eigenvalue weighted by molar-refractivity contribution is -0.889. The van der Waals surface area contributed by atoms with Crippen molar-refractivity contribution in [2.24, 2.45) is 0 Å². The van der Waals surface area contributed by atoms with Crippen LogP contribution >= 0.6 is 0 Å². The Morgan fingerprint density at radius 2 is 1.02 bits per heavy atom. The second kappa shape index (κ2) is 35.8. The summed E-state index contributed by atoms with van der Waals surface area (Å²) in [6, 6.07) is -0.737. The Kier molecular flexibility index (Phi) is 33.6. The molecule has 8 nitrogen and oxygen atoms in total. The van der Waals surface area contributed by atoms with Crippen LogP contribution in [-0.4, -0.2) is 75.5 Å². The van der Waals surface area contributed by atoms with Crippen LogP contribution in [0.4, 0.5) is 0 Å². The first-order valence-electron chi connectivity index (χ1n) is 20.5. The first kappa shape index (κ1) is 49.8. The third-order valence-electron chi connectivity index (χ3n) is 8.69. The van der Waals surface area contributed by atoms with Gasteiger partial charge in [0.2, 0.25) is 0 Å². The molecule has 0 saturated heterocycles. The summed E-state index contributed by atoms with van der Waals surface area (Å²) in [6.45, 7) is 4.49. The number of hydrogen-bond acceptors (Lipinski definition) is 7. The molecule has 0 aromatic rings. The van der Waals surface area contributed by atoms with Crippen molar-refractivity contribution >= 4 is 17.9 Å². The van der Waals surface area contributed by atoms with E-state index in [0.717, 1.165) is 77.0 Å². The molecule has 0 spiro atoms. The van der Waals surface area contributed by atoms with Crippen molar-refractivity contribution in [1.82, 2.24) is 0 Å². The van der Waals surface area contributed by atoms with Gasteiger partial charge in [-0.3, -0.25) is 9.59 Å². The standard InChI is InChI=1S/C45H75NO7/c1-6-8-10-12-14-16-18-19-20-21-22-23-24-26-28-30-32-34-36-44(48)53-41(39-51-38-37-42(45(49)50)46(3,4)5)40-52-43(47)35-33-31-29-27-25-17-15-13-11-9-7-2/h13-23,25,41-42H,6-12,24,26-40H2,1-5H3/b15-13+,16-14+,19-18+,21-20+,23-22+,25-17+. The third kappa shape index (κ3) is 34.3. The summed E-state index contributed by atoms with van der Waals surface area (Å²) in [5.41, 5.74) is 0. The minimum absolute atomic E-state index is 0.0182. The van der Waals surface area contributed by atoms with Crippen molar-refractivity contribution in [3.05, 3.63) is 72.9 Å². The molecule has 0 fully saturated rings. The minimum atomic E-state index is -1.14. The monoisotopic (exact) mass is 742 g/mol. The average Bonchev–Trinajstić information content (AvgIpc) is 3.11. The van der Waals surface area contributed by atoms with E-state index >= 15 is 0 Å². The number of aliphatic carboxylic acids is 1. The van der Waals surface area contributed by atoms with Crippen LogP contribution in [0.15, 0.2) is 72.9 Å². The fourth-order valence-electron chi connectivity index (χ4n) is 5.41. The number of allylic oxidation sites excluding steroid dienone is 12. The Morgan fingerprint density at radius 1 is 0.566 bits per heavy atom. The number of carboxylic acid groups (broad SMARTS) is 1. The van der Waals surface area contributed by atoms with E-state index in [2.05, 4.69) is 74.6 Å². The van der Waals surface area contributed by atoms with Crippen LogP contribution in [0.2, 0.25) is 0 Å². The van der Waals surface area contributed by atoms with Crippen molar-refractivity contribution < 1.29 is 38.2 Å². The molecule has 0 aromatic carbocycles. The van der Waals surface area contributed by atoms with Gasteiger partial charge in [0.1, 0.15) is 12.6 Å². The number of carboxylic acids is 1. The Bertz CT molecular complexity index is 1100. The van der Waals surface area contributed by atoms with Gasteiger partial charge in [-0.05, 0) is 57.8 Å². The first-order valence-corrected chi connectivity index (χ1v) is 20.5. The van der Waals surface area contributed by atoms with Crippen LogP contribution in [0.3, 0.4) is 0 Å². The normalized spacial score (nSPS) is 13.8. The molecule has 0 aliphatic carbocycles. The molecule has 0 aliphatic rings. The molecule has 0 heterocycles. The summed E-state index contributed by atoms with van der Waals surface area (Å²) in [4.78, 5) is 36.7. The molecule has 0 aromatic heterocycles. The van der Waals surface area contributed by atoms with Gasteiger partial charge in [0.25, 0.3) is 0 Å². The Balaban J connectivity index is 4.49. The van der Waals surface area contributed by atoms with Crippen molar-refractivity contribution in [3.63, 3.8) is 0 Å². The van der Waals surface area contributed by atoms with E-state index in [0.29, 0.717) is 6.42 Å². The number of quaternary nitrogens is 1. The predicted octanol–water partition coefficient (Wildman–Crippen LogP) is 9.46. The molecule has 0 radical (unpaired) electrons. The molecule has 0 rings (SSSR count). The first-order chi connectivity index (χ1) is 25.6. The molecule has 0 saturated carbocycles. The van der Waals surface area contributed by atoms with Crippen molar-refractivity contribution in [3.8, 4) is 0 Å². The lowest BCUT2D eigenvalue weighted by Gasteiger charge is -2.34. The highest BCUT2D eigenvalue weighted by Crippen LogP contribution is 2.12. The Labute approximate surface area is 323 Å². The molecule has 0 bridgehead atoms. The number of rotatable bonds is 35. The highest BCUT2D eigenvalue weighted by molar-refractivity contribution is 5.70. The van der Waals surface area contributed by atoms with Gasteiger partial charge in [0.15, 0.2) is 6.10 Å². The van der Waals surface area contributed by atoms with E-state index in [-0.39, 0.29) is 49.1 Å². The number of carbonyl (C=O) groups excluding carboxylic acids is 3. The SMILES string of the molecule is CCCC/C=C/C=C/CCCCCC(=O)OCC(COCCC(C(=O)[O-])[N+](C)(C)C)OC(=O)CCCCCCC/C=C/C=C/C=C/C=C/CCCCC. The topological polar surface area (TPSA) is 102 Å². The number of nitrogens with zero attached hydrogens (tertiary/aromatic N) is 1. The van der Waals surface area contributed by atoms with Gasteiger partial charge in [0, 0.05) is 19.3 Å². The van der Waals surface area contributed by atoms with E-state index < -0.39 is 18.1 Å². The Hall–Kier alpha value is -3.23. The molecule has 0 N–H and O–H groups in total. The second-order valence-electron chi connectivity index (χ2n) is 14.6. The number of unbranched alkanes of at least 4 members (excludes halogenated alkanes) is 13. The van der Waals surface area contributed by atoms with Gasteiger partial charge in [-0.15, -0.1) is 0 Å². The van der Waals surface area contributed by atoms with Gasteiger partial charge in [0.05, 0.1) is 40.3 Å². The van der Waals surface area contributed by atoms with E-state index in [1.54, 1.807) is 21.1 Å². The lowest BCUT2D eigenvalue weighted by Crippen LogP contribution is -2.55. The summed E-state index contributed by atoms with van der Waals surface area (Å²) >= 11 is 0. The largest absolute Gasteiger partial charge is 0.544 e. The fraction of sp³-hybridized carbons (Fsp3) is 0.667. The fourth-order valence-corrected chi connectivity index (χ4v) is 5.41. The minimum Gasteiger partial charge on any atom is -0.544 e. The zero-order valence-corrected chi connectivity index (χ0v) is 34.2. The molecule has 2 unspecified atom stereocenters. The highest BCUT2D eigenvalue weighted by atomic mass is 16.6. The molecule has 302 valence electrons. The number of esters is 2. The van der Waals surface area contributed by atoms with Crippen molar-refractivity contribution in [2.45, 2.75) is 154 Å². The maximum absolute atomic E-state index is 12.7. The quantitative estimate of drug-likeness (QED) is 0.0276. The molecule has 0 aliphatic heterocycles. The lowest BCUT2D eigenvalue weighted by atomic mass is 10.1. The van der Waals surface area contributed by atoms with Gasteiger partial charge in [-0.25, -0.2) is 0 Å². The number of likely N-dealkylation sites (N-methyl/N-ethyl adjacent to an activating group) is 1. The maximum atomic E-state index is 12.7. The van der Waals surface area contributed by atoms with E-state index in [1.165, 1.54) is 32.1 Å². The summed E-state index contributed by atoms with van der Waals surface area (Å²) in [5.74, 6) is -1.81. The molecule has 8 heteroatoms. The molecular weight excluding hydrogens is 666 g/mol. The number of ether oxygens (including phenoxy) is 3. The van der Waals surface area contributed by atoms with E-state index in [9.17, 15) is 19.5 Å². The van der Waals surface area contributed by atoms with Crippen LogP contribution < -0.4 is 5.11 Å². The van der Waals surface area contributed by atoms with Crippen molar-refractivity contribution in [2.75, 3.05) is 41.0 Å². The summed E-state index contributed by atoms with van der Waals surface area (Å²) in [6.07, 6.45) is 43.5. The van der Waals surface area contributed by atoms with E-state index in [1.807, 2.05) is 12.2 Å². The zero-order valence-electron chi connectivity index (χ0n) is 34.2. The van der Waals surface area contributed by atoms with Gasteiger partial charge < -0.3 is 28.6 Å². The predicted molar refractivity (Wildman–Crippen MR) is 217 cm³/mol. The smallest absolute Gasteiger partial charge is 0.306 e.